The summed E-state index contributed by atoms with van der Waals surface area (Å²) in [4.78, 5) is 0. The van der Waals surface area contributed by atoms with E-state index in [0.29, 0.717) is 11.5 Å². The van der Waals surface area contributed by atoms with Gasteiger partial charge in [0.1, 0.15) is 0 Å². The standard InChI is InChI=1S/C12H23ClO/c1-4-7-8-14-11-9-10(13)12(11,5-2)6-3/h10-11H,4-9H2,1-3H3. The molecule has 0 radical (unpaired) electrons. The van der Waals surface area contributed by atoms with E-state index in [1.54, 1.807) is 0 Å². The summed E-state index contributed by atoms with van der Waals surface area (Å²) in [6.07, 6.45) is 6.15. The molecule has 2 unspecified atom stereocenters. The number of ether oxygens (including phenoxy) is 1. The van der Waals surface area contributed by atoms with Crippen molar-refractivity contribution in [3.8, 4) is 0 Å². The lowest BCUT2D eigenvalue weighted by atomic mass is 9.62. The molecule has 0 spiro atoms. The van der Waals surface area contributed by atoms with E-state index in [-0.39, 0.29) is 5.41 Å². The molecule has 14 heavy (non-hydrogen) atoms. The minimum Gasteiger partial charge on any atom is -0.378 e. The maximum atomic E-state index is 6.30. The van der Waals surface area contributed by atoms with Gasteiger partial charge < -0.3 is 4.74 Å². The van der Waals surface area contributed by atoms with Crippen LogP contribution in [0.2, 0.25) is 0 Å². The van der Waals surface area contributed by atoms with E-state index in [1.165, 1.54) is 12.8 Å². The summed E-state index contributed by atoms with van der Waals surface area (Å²) in [5, 5.41) is 0.337. The van der Waals surface area contributed by atoms with Gasteiger partial charge in [0.05, 0.1) is 6.10 Å². The number of halogens is 1. The second kappa shape index (κ2) is 5.37. The third-order valence-electron chi connectivity index (χ3n) is 3.82. The molecule has 0 aromatic heterocycles. The molecule has 1 aliphatic carbocycles. The van der Waals surface area contributed by atoms with Gasteiger partial charge >= 0.3 is 0 Å². The van der Waals surface area contributed by atoms with Gasteiger partial charge in [0, 0.05) is 17.4 Å². The predicted octanol–water partition coefficient (Wildman–Crippen LogP) is 3.99. The Bertz CT molecular complexity index is 166. The normalized spacial score (nSPS) is 30.0. The van der Waals surface area contributed by atoms with Gasteiger partial charge in [-0.25, -0.2) is 0 Å². The Morgan fingerprint density at radius 3 is 2.36 bits per heavy atom. The lowest BCUT2D eigenvalue weighted by molar-refractivity contribution is -0.112. The van der Waals surface area contributed by atoms with Gasteiger partial charge in [-0.3, -0.25) is 0 Å². The van der Waals surface area contributed by atoms with Crippen LogP contribution in [0.15, 0.2) is 0 Å². The summed E-state index contributed by atoms with van der Waals surface area (Å²) >= 11 is 6.30. The number of rotatable bonds is 6. The maximum Gasteiger partial charge on any atom is 0.0659 e. The fourth-order valence-corrected chi connectivity index (χ4v) is 3.06. The number of hydrogen-bond donors (Lipinski definition) is 0. The van der Waals surface area contributed by atoms with Crippen LogP contribution >= 0.6 is 11.6 Å². The highest BCUT2D eigenvalue weighted by Crippen LogP contribution is 2.51. The molecule has 0 aliphatic heterocycles. The fourth-order valence-electron chi connectivity index (χ4n) is 2.45. The molecule has 0 bridgehead atoms. The van der Waals surface area contributed by atoms with E-state index in [0.717, 1.165) is 25.9 Å². The largest absolute Gasteiger partial charge is 0.378 e. The molecule has 1 nitrogen and oxygen atoms in total. The lowest BCUT2D eigenvalue weighted by Gasteiger charge is -2.52. The molecule has 1 aliphatic rings. The number of hydrogen-bond acceptors (Lipinski definition) is 1. The van der Waals surface area contributed by atoms with Crippen molar-refractivity contribution in [3.63, 3.8) is 0 Å². The zero-order valence-electron chi connectivity index (χ0n) is 9.68. The van der Waals surface area contributed by atoms with E-state index in [9.17, 15) is 0 Å². The fraction of sp³-hybridized carbons (Fsp3) is 1.00. The predicted molar refractivity (Wildman–Crippen MR) is 61.9 cm³/mol. The number of unbranched alkanes of at least 4 members (excludes halogenated alkanes) is 1. The Hall–Kier alpha value is 0.250. The van der Waals surface area contributed by atoms with Crippen molar-refractivity contribution >= 4 is 11.6 Å². The van der Waals surface area contributed by atoms with Crippen LogP contribution in [0.5, 0.6) is 0 Å². The van der Waals surface area contributed by atoms with Crippen LogP contribution in [0, 0.1) is 5.41 Å². The zero-order valence-corrected chi connectivity index (χ0v) is 10.4. The Morgan fingerprint density at radius 2 is 1.93 bits per heavy atom. The van der Waals surface area contributed by atoms with Crippen LogP contribution in [-0.2, 0) is 4.74 Å². The molecular formula is C12H23ClO. The topological polar surface area (TPSA) is 9.23 Å². The summed E-state index contributed by atoms with van der Waals surface area (Å²) in [6.45, 7) is 7.57. The van der Waals surface area contributed by atoms with E-state index >= 15 is 0 Å². The van der Waals surface area contributed by atoms with Crippen molar-refractivity contribution in [2.75, 3.05) is 6.61 Å². The molecule has 1 rings (SSSR count). The van der Waals surface area contributed by atoms with Crippen LogP contribution in [0.1, 0.15) is 52.9 Å². The molecule has 0 heterocycles. The summed E-state index contributed by atoms with van der Waals surface area (Å²) in [5.74, 6) is 0. The molecule has 1 saturated carbocycles. The molecule has 84 valence electrons. The van der Waals surface area contributed by atoms with Crippen molar-refractivity contribution in [2.45, 2.75) is 64.4 Å². The molecule has 1 fully saturated rings. The first-order valence-corrected chi connectivity index (χ1v) is 6.40. The minimum atomic E-state index is 0.273. The molecule has 2 atom stereocenters. The van der Waals surface area contributed by atoms with Crippen LogP contribution in [0.3, 0.4) is 0 Å². The molecule has 0 saturated heterocycles. The highest BCUT2D eigenvalue weighted by atomic mass is 35.5. The van der Waals surface area contributed by atoms with Crippen molar-refractivity contribution in [3.05, 3.63) is 0 Å². The molecule has 2 heteroatoms. The van der Waals surface area contributed by atoms with E-state index in [4.69, 9.17) is 16.3 Å². The Balaban J connectivity index is 2.39. The average molecular weight is 219 g/mol. The molecule has 0 aromatic carbocycles. The quantitative estimate of drug-likeness (QED) is 0.484. The van der Waals surface area contributed by atoms with Gasteiger partial charge in [-0.2, -0.15) is 0 Å². The monoisotopic (exact) mass is 218 g/mol. The Labute approximate surface area is 93.2 Å². The summed E-state index contributed by atoms with van der Waals surface area (Å²) in [6, 6.07) is 0. The van der Waals surface area contributed by atoms with Gasteiger partial charge in [0.15, 0.2) is 0 Å². The van der Waals surface area contributed by atoms with Gasteiger partial charge in [-0.05, 0) is 25.7 Å². The van der Waals surface area contributed by atoms with Crippen LogP contribution in [-0.4, -0.2) is 18.1 Å². The van der Waals surface area contributed by atoms with Crippen LogP contribution < -0.4 is 0 Å². The third-order valence-corrected chi connectivity index (χ3v) is 4.43. The SMILES string of the molecule is CCCCOC1CC(Cl)C1(CC)CC. The van der Waals surface area contributed by atoms with Crippen LogP contribution in [0.25, 0.3) is 0 Å². The zero-order chi connectivity index (χ0) is 10.6. The number of alkyl halides is 1. The van der Waals surface area contributed by atoms with Gasteiger partial charge in [-0.1, -0.05) is 27.2 Å². The van der Waals surface area contributed by atoms with Gasteiger partial charge in [0.25, 0.3) is 0 Å². The van der Waals surface area contributed by atoms with Gasteiger partial charge in [0.2, 0.25) is 0 Å². The highest BCUT2D eigenvalue weighted by molar-refractivity contribution is 6.21. The summed E-state index contributed by atoms with van der Waals surface area (Å²) < 4.78 is 5.90. The molecule has 0 N–H and O–H groups in total. The molecule has 0 amide bonds. The molecule has 0 aromatic rings. The first kappa shape index (κ1) is 12.3. The van der Waals surface area contributed by atoms with Crippen molar-refractivity contribution in [1.82, 2.24) is 0 Å². The average Bonchev–Trinajstić information content (AvgIpc) is 2.19. The van der Waals surface area contributed by atoms with Gasteiger partial charge in [-0.15, -0.1) is 11.6 Å². The second-order valence-corrected chi connectivity index (χ2v) is 4.88. The van der Waals surface area contributed by atoms with Crippen LogP contribution in [0.4, 0.5) is 0 Å². The van der Waals surface area contributed by atoms with E-state index in [2.05, 4.69) is 20.8 Å². The minimum absolute atomic E-state index is 0.273. The lowest BCUT2D eigenvalue weighted by Crippen LogP contribution is -2.55. The summed E-state index contributed by atoms with van der Waals surface area (Å²) in [7, 11) is 0. The smallest absolute Gasteiger partial charge is 0.0659 e. The van der Waals surface area contributed by atoms with Crippen molar-refractivity contribution in [2.24, 2.45) is 5.41 Å². The van der Waals surface area contributed by atoms with E-state index < -0.39 is 0 Å². The first-order valence-electron chi connectivity index (χ1n) is 5.96. The van der Waals surface area contributed by atoms with E-state index in [1.807, 2.05) is 0 Å². The third kappa shape index (κ3) is 2.09. The molecular weight excluding hydrogens is 196 g/mol. The maximum absolute atomic E-state index is 6.30. The Kier molecular flexibility index (Phi) is 4.72. The summed E-state index contributed by atoms with van der Waals surface area (Å²) in [5.41, 5.74) is 0.273. The first-order chi connectivity index (χ1) is 6.71. The Morgan fingerprint density at radius 1 is 1.29 bits per heavy atom. The van der Waals surface area contributed by atoms with Crippen molar-refractivity contribution in [1.29, 1.82) is 0 Å². The van der Waals surface area contributed by atoms with Crippen molar-refractivity contribution < 1.29 is 4.74 Å². The second-order valence-electron chi connectivity index (χ2n) is 4.36. The highest BCUT2D eigenvalue weighted by Gasteiger charge is 2.52.